The van der Waals surface area contributed by atoms with Crippen LogP contribution in [0.25, 0.3) is 0 Å². The SMILES string of the molecule is COCC#Cc1ccc(C23OCC(CO2)C(CC(C)C)O3)cc1. The molecule has 3 heterocycles. The number of hydrogen-bond acceptors (Lipinski definition) is 4. The molecule has 0 aromatic heterocycles. The molecule has 1 aromatic carbocycles. The molecule has 4 rings (SSSR count). The van der Waals surface area contributed by atoms with Crippen LogP contribution in [0.5, 0.6) is 0 Å². The van der Waals surface area contributed by atoms with Gasteiger partial charge in [-0.1, -0.05) is 25.7 Å². The maximum atomic E-state index is 6.21. The Kier molecular flexibility index (Phi) is 5.03. The number of rotatable bonds is 4. The fraction of sp³-hybridized carbons (Fsp3) is 0.579. The summed E-state index contributed by atoms with van der Waals surface area (Å²) in [6.07, 6.45) is 1.22. The van der Waals surface area contributed by atoms with Gasteiger partial charge in [0, 0.05) is 24.2 Å². The molecule has 2 bridgehead atoms. The summed E-state index contributed by atoms with van der Waals surface area (Å²) in [5.74, 6) is 5.87. The van der Waals surface area contributed by atoms with Gasteiger partial charge in [0.05, 0.1) is 19.3 Å². The second-order valence-electron chi connectivity index (χ2n) is 6.54. The second-order valence-corrected chi connectivity index (χ2v) is 6.54. The van der Waals surface area contributed by atoms with Crippen molar-refractivity contribution in [2.75, 3.05) is 26.9 Å². The molecule has 0 aliphatic carbocycles. The van der Waals surface area contributed by atoms with Gasteiger partial charge in [0.1, 0.15) is 6.61 Å². The topological polar surface area (TPSA) is 36.9 Å². The Morgan fingerprint density at radius 2 is 1.91 bits per heavy atom. The zero-order valence-corrected chi connectivity index (χ0v) is 14.0. The maximum absolute atomic E-state index is 6.21. The van der Waals surface area contributed by atoms with Crippen molar-refractivity contribution in [1.29, 1.82) is 0 Å². The van der Waals surface area contributed by atoms with Gasteiger partial charge in [0.25, 0.3) is 0 Å². The fourth-order valence-corrected chi connectivity index (χ4v) is 3.01. The van der Waals surface area contributed by atoms with Crippen molar-refractivity contribution in [2.24, 2.45) is 11.8 Å². The summed E-state index contributed by atoms with van der Waals surface area (Å²) >= 11 is 0. The van der Waals surface area contributed by atoms with Crippen molar-refractivity contribution in [2.45, 2.75) is 32.3 Å². The molecule has 3 aliphatic rings. The Bertz CT molecular complexity index is 574. The summed E-state index contributed by atoms with van der Waals surface area (Å²) in [7, 11) is 1.63. The third-order valence-corrected chi connectivity index (χ3v) is 4.20. The lowest BCUT2D eigenvalue weighted by Crippen LogP contribution is -2.56. The van der Waals surface area contributed by atoms with Gasteiger partial charge in [-0.2, -0.15) is 0 Å². The average Bonchev–Trinajstić information content (AvgIpc) is 2.56. The van der Waals surface area contributed by atoms with Crippen molar-refractivity contribution in [3.63, 3.8) is 0 Å². The molecule has 4 heteroatoms. The van der Waals surface area contributed by atoms with Crippen molar-refractivity contribution in [3.8, 4) is 11.8 Å². The van der Waals surface area contributed by atoms with Crippen molar-refractivity contribution >= 4 is 0 Å². The van der Waals surface area contributed by atoms with Crippen LogP contribution in [0.3, 0.4) is 0 Å². The van der Waals surface area contributed by atoms with Crippen LogP contribution in [0.1, 0.15) is 31.4 Å². The number of benzene rings is 1. The van der Waals surface area contributed by atoms with Crippen LogP contribution < -0.4 is 0 Å². The van der Waals surface area contributed by atoms with Crippen LogP contribution in [-0.4, -0.2) is 33.0 Å². The molecule has 0 N–H and O–H groups in total. The second kappa shape index (κ2) is 7.02. The molecule has 1 unspecified atom stereocenters. The zero-order chi connectivity index (χ0) is 16.3. The van der Waals surface area contributed by atoms with E-state index in [1.165, 1.54) is 0 Å². The molecule has 0 saturated carbocycles. The first-order chi connectivity index (χ1) is 11.1. The van der Waals surface area contributed by atoms with E-state index < -0.39 is 5.97 Å². The van der Waals surface area contributed by atoms with Gasteiger partial charge < -0.3 is 18.9 Å². The Labute approximate surface area is 138 Å². The standard InChI is InChI=1S/C19H24O4/c1-14(2)11-18-16-12-21-19(23-18,22-13-16)17-8-6-15(7-9-17)5-4-10-20-3/h6-9,14,16,18H,10-13H2,1-3H3. The number of fused-ring (bicyclic) bond motifs is 3. The van der Waals surface area contributed by atoms with Gasteiger partial charge in [0.2, 0.25) is 0 Å². The highest BCUT2D eigenvalue weighted by atomic mass is 16.9. The highest BCUT2D eigenvalue weighted by Gasteiger charge is 2.51. The van der Waals surface area contributed by atoms with Crippen LogP contribution >= 0.6 is 0 Å². The minimum absolute atomic E-state index is 0.193. The van der Waals surface area contributed by atoms with Crippen LogP contribution in [0.2, 0.25) is 0 Å². The first kappa shape index (κ1) is 16.5. The third-order valence-electron chi connectivity index (χ3n) is 4.20. The first-order valence-corrected chi connectivity index (χ1v) is 8.17. The monoisotopic (exact) mass is 316 g/mol. The van der Waals surface area contributed by atoms with Crippen molar-refractivity contribution in [3.05, 3.63) is 35.4 Å². The number of hydrogen-bond donors (Lipinski definition) is 0. The number of ether oxygens (including phenoxy) is 4. The van der Waals surface area contributed by atoms with E-state index in [0.717, 1.165) is 17.5 Å². The Morgan fingerprint density at radius 1 is 1.22 bits per heavy atom. The smallest absolute Gasteiger partial charge is 0.312 e. The van der Waals surface area contributed by atoms with Crippen LogP contribution in [0.4, 0.5) is 0 Å². The van der Waals surface area contributed by atoms with Crippen LogP contribution in [-0.2, 0) is 24.9 Å². The molecule has 1 atom stereocenters. The van der Waals surface area contributed by atoms with Crippen LogP contribution in [0.15, 0.2) is 24.3 Å². The van der Waals surface area contributed by atoms with E-state index in [1.54, 1.807) is 7.11 Å². The predicted molar refractivity (Wildman–Crippen MR) is 86.6 cm³/mol. The molecule has 0 spiro atoms. The fourth-order valence-electron chi connectivity index (χ4n) is 3.01. The molecule has 3 aliphatic heterocycles. The third kappa shape index (κ3) is 3.59. The average molecular weight is 316 g/mol. The quantitative estimate of drug-likeness (QED) is 0.801. The Hall–Kier alpha value is -1.38. The molecular weight excluding hydrogens is 292 g/mol. The molecule has 124 valence electrons. The van der Waals surface area contributed by atoms with Gasteiger partial charge in [-0.05, 0) is 36.6 Å². The minimum Gasteiger partial charge on any atom is -0.372 e. The van der Waals surface area contributed by atoms with E-state index in [-0.39, 0.29) is 6.10 Å². The van der Waals surface area contributed by atoms with E-state index in [4.69, 9.17) is 18.9 Å². The maximum Gasteiger partial charge on any atom is 0.312 e. The van der Waals surface area contributed by atoms with Gasteiger partial charge in [-0.3, -0.25) is 0 Å². The molecule has 23 heavy (non-hydrogen) atoms. The highest BCUT2D eigenvalue weighted by molar-refractivity contribution is 5.37. The first-order valence-electron chi connectivity index (χ1n) is 8.17. The Morgan fingerprint density at radius 3 is 2.52 bits per heavy atom. The van der Waals surface area contributed by atoms with E-state index in [9.17, 15) is 0 Å². The molecule has 1 aromatic rings. The Balaban J connectivity index is 1.76. The molecule has 3 fully saturated rings. The summed E-state index contributed by atoms with van der Waals surface area (Å²) in [5, 5.41) is 0. The van der Waals surface area contributed by atoms with Crippen molar-refractivity contribution < 1.29 is 18.9 Å². The van der Waals surface area contributed by atoms with Crippen molar-refractivity contribution in [1.82, 2.24) is 0 Å². The summed E-state index contributed by atoms with van der Waals surface area (Å²) in [6, 6.07) is 7.85. The van der Waals surface area contributed by atoms with Gasteiger partial charge in [-0.15, -0.1) is 0 Å². The van der Waals surface area contributed by atoms with Gasteiger partial charge in [-0.25, -0.2) is 0 Å². The van der Waals surface area contributed by atoms with Crippen LogP contribution in [0, 0.1) is 23.7 Å². The lowest BCUT2D eigenvalue weighted by Gasteiger charge is -2.50. The summed E-state index contributed by atoms with van der Waals surface area (Å²) < 4.78 is 22.9. The lowest BCUT2D eigenvalue weighted by molar-refractivity contribution is -0.480. The van der Waals surface area contributed by atoms with E-state index in [2.05, 4.69) is 25.7 Å². The normalized spacial score (nSPS) is 29.4. The minimum atomic E-state index is -1.05. The molecule has 3 saturated heterocycles. The van der Waals surface area contributed by atoms with E-state index >= 15 is 0 Å². The molecule has 4 nitrogen and oxygen atoms in total. The molecule has 0 radical (unpaired) electrons. The highest BCUT2D eigenvalue weighted by Crippen LogP contribution is 2.43. The summed E-state index contributed by atoms with van der Waals surface area (Å²) in [6.45, 7) is 6.24. The van der Waals surface area contributed by atoms with Gasteiger partial charge >= 0.3 is 5.97 Å². The summed E-state index contributed by atoms with van der Waals surface area (Å²) in [4.78, 5) is 0. The largest absolute Gasteiger partial charge is 0.372 e. The zero-order valence-electron chi connectivity index (χ0n) is 14.0. The summed E-state index contributed by atoms with van der Waals surface area (Å²) in [5.41, 5.74) is 1.83. The number of methoxy groups -OCH3 is 1. The molecular formula is C19H24O4. The van der Waals surface area contributed by atoms with Gasteiger partial charge in [0.15, 0.2) is 0 Å². The molecule has 0 amide bonds. The lowest BCUT2D eigenvalue weighted by atomic mass is 9.92. The predicted octanol–water partition coefficient (Wildman–Crippen LogP) is 2.90. The van der Waals surface area contributed by atoms with E-state index in [1.807, 2.05) is 24.3 Å². The van der Waals surface area contributed by atoms with E-state index in [0.29, 0.717) is 31.7 Å².